The van der Waals surface area contributed by atoms with Crippen molar-refractivity contribution in [1.82, 2.24) is 0 Å². The Bertz CT molecular complexity index is 3850. The van der Waals surface area contributed by atoms with Gasteiger partial charge in [-0.3, -0.25) is 0 Å². The van der Waals surface area contributed by atoms with Gasteiger partial charge < -0.3 is 28.4 Å². The molecule has 10 heteroatoms. The third-order valence-corrected chi connectivity index (χ3v) is 17.9. The van der Waals surface area contributed by atoms with E-state index >= 15 is 0 Å². The normalized spacial score (nSPS) is 14.5. The molecule has 10 nitrogen and oxygen atoms in total. The molecular formula is C80H88O10. The van der Waals surface area contributed by atoms with Crippen LogP contribution in [-0.4, -0.2) is 23.9 Å². The summed E-state index contributed by atoms with van der Waals surface area (Å²) in [5.41, 5.74) is 5.86. The second-order valence-corrected chi connectivity index (χ2v) is 33.4. The maximum atomic E-state index is 14.9. The molecule has 0 aromatic heterocycles. The zero-order valence-electron chi connectivity index (χ0n) is 57.3. The van der Waals surface area contributed by atoms with Gasteiger partial charge in [0, 0.05) is 43.1 Å². The number of cyclic esters (lactones) is 4. The monoisotopic (exact) mass is 1210 g/mol. The van der Waals surface area contributed by atoms with Crippen LogP contribution in [0.4, 0.5) is 0 Å². The van der Waals surface area contributed by atoms with Crippen LogP contribution in [-0.2, 0) is 52.8 Å². The van der Waals surface area contributed by atoms with Crippen LogP contribution in [0, 0.1) is 0 Å². The molecule has 90 heavy (non-hydrogen) atoms. The number of fused-ring (bicyclic) bond motifs is 2. The van der Waals surface area contributed by atoms with Crippen LogP contribution in [0.2, 0.25) is 0 Å². The molecule has 0 unspecified atom stereocenters. The number of rotatable bonds is 8. The lowest BCUT2D eigenvalue weighted by Crippen LogP contribution is -2.21. The van der Waals surface area contributed by atoms with Gasteiger partial charge >= 0.3 is 23.9 Å². The fourth-order valence-electron chi connectivity index (χ4n) is 12.1. The van der Waals surface area contributed by atoms with E-state index in [1.54, 1.807) is 24.3 Å². The van der Waals surface area contributed by atoms with E-state index in [2.05, 4.69) is 190 Å². The average molecular weight is 1210 g/mol. The van der Waals surface area contributed by atoms with Crippen molar-refractivity contribution in [2.45, 2.75) is 209 Å². The maximum Gasteiger partial charge on any atom is 0.346 e. The zero-order valence-corrected chi connectivity index (χ0v) is 57.3. The second kappa shape index (κ2) is 20.6. The Hall–Kier alpha value is -8.24. The topological polar surface area (TPSA) is 124 Å². The van der Waals surface area contributed by atoms with Gasteiger partial charge in [-0.1, -0.05) is 190 Å². The molecule has 2 heterocycles. The fourth-order valence-corrected chi connectivity index (χ4v) is 12.1. The highest BCUT2D eigenvalue weighted by Crippen LogP contribution is 2.58. The van der Waals surface area contributed by atoms with Gasteiger partial charge in [0.15, 0.2) is 0 Å². The van der Waals surface area contributed by atoms with Crippen molar-refractivity contribution in [3.05, 3.63) is 164 Å². The van der Waals surface area contributed by atoms with E-state index in [1.165, 1.54) is 0 Å². The van der Waals surface area contributed by atoms with Crippen LogP contribution < -0.4 is 18.9 Å². The standard InChI is InChI=1S/C80H88O10/c1-73(2,3)41-25-42(74(4,5)6)30-49(29-41)85-57-37-53-61-54(70(82)89-69(53)81)39-59(87-51-33-45(77(13,14)15)27-46(34-51)78(16,17)18)65-66-60(88-52-35-47(79(19,20)21)28-48(36-52)80(22,23)24)40-56-62-55(71(83)90-72(56)84)38-58(64(68(62)66)63(57)67(61)65)86-50-31-43(75(7,8)9)26-44(32-50)76(10,11)12/h25-40H,1-24H3. The largest absolute Gasteiger partial charge is 0.457 e. The Morgan fingerprint density at radius 3 is 0.511 bits per heavy atom. The van der Waals surface area contributed by atoms with Crippen LogP contribution >= 0.6 is 0 Å². The van der Waals surface area contributed by atoms with E-state index in [0.29, 0.717) is 66.1 Å². The summed E-state index contributed by atoms with van der Waals surface area (Å²) in [4.78, 5) is 59.5. The first-order valence-corrected chi connectivity index (χ1v) is 31.5. The summed E-state index contributed by atoms with van der Waals surface area (Å²) >= 11 is 0. The van der Waals surface area contributed by atoms with Crippen molar-refractivity contribution in [3.8, 4) is 46.0 Å². The molecule has 9 aromatic carbocycles. The third kappa shape index (κ3) is 11.5. The minimum absolute atomic E-state index is 0.0806. The number of esters is 4. The van der Waals surface area contributed by atoms with E-state index in [-0.39, 0.29) is 88.6 Å². The molecule has 9 aromatic rings. The van der Waals surface area contributed by atoms with Gasteiger partial charge in [-0.2, -0.15) is 0 Å². The molecule has 0 radical (unpaired) electrons. The van der Waals surface area contributed by atoms with Crippen molar-refractivity contribution in [1.29, 1.82) is 0 Å². The molecule has 0 saturated carbocycles. The molecular weight excluding hydrogens is 1120 g/mol. The van der Waals surface area contributed by atoms with Gasteiger partial charge in [-0.05, 0) is 161 Å². The van der Waals surface area contributed by atoms with Crippen molar-refractivity contribution in [2.24, 2.45) is 0 Å². The lowest BCUT2D eigenvalue weighted by atomic mass is 9.80. The molecule has 0 atom stereocenters. The minimum atomic E-state index is -0.866. The number of hydrogen-bond acceptors (Lipinski definition) is 10. The number of ether oxygens (including phenoxy) is 6. The first-order valence-electron chi connectivity index (χ1n) is 31.5. The maximum absolute atomic E-state index is 14.9. The van der Waals surface area contributed by atoms with Crippen molar-refractivity contribution >= 4 is 67.0 Å². The third-order valence-electron chi connectivity index (χ3n) is 17.9. The molecule has 0 N–H and O–H groups in total. The Labute approximate surface area is 531 Å². The van der Waals surface area contributed by atoms with Crippen LogP contribution in [0.3, 0.4) is 0 Å². The van der Waals surface area contributed by atoms with Crippen LogP contribution in [0.5, 0.6) is 46.0 Å². The highest BCUT2D eigenvalue weighted by molar-refractivity contribution is 6.43. The smallest absolute Gasteiger partial charge is 0.346 e. The molecule has 0 fully saturated rings. The molecule has 0 bridgehead atoms. The lowest BCUT2D eigenvalue weighted by Gasteiger charge is -2.30. The van der Waals surface area contributed by atoms with Gasteiger partial charge in [0.2, 0.25) is 0 Å². The predicted molar refractivity (Wildman–Crippen MR) is 363 cm³/mol. The van der Waals surface area contributed by atoms with E-state index in [1.807, 2.05) is 48.5 Å². The summed E-state index contributed by atoms with van der Waals surface area (Å²) in [5.74, 6) is -0.698. The van der Waals surface area contributed by atoms with Gasteiger partial charge in [-0.25, -0.2) is 19.2 Å². The Kier molecular flexibility index (Phi) is 14.5. The number of carbonyl (C=O) groups is 4. The highest BCUT2D eigenvalue weighted by Gasteiger charge is 2.40. The number of hydrogen-bond donors (Lipinski definition) is 0. The zero-order chi connectivity index (χ0) is 66.0. The van der Waals surface area contributed by atoms with Gasteiger partial charge in [0.25, 0.3) is 0 Å². The fraction of sp³-hybridized carbons (Fsp3) is 0.400. The quantitative estimate of drug-likeness (QED) is 0.0629. The molecule has 11 rings (SSSR count). The second-order valence-electron chi connectivity index (χ2n) is 33.4. The van der Waals surface area contributed by atoms with Crippen LogP contribution in [0.25, 0.3) is 43.1 Å². The van der Waals surface area contributed by atoms with Crippen molar-refractivity contribution in [3.63, 3.8) is 0 Å². The van der Waals surface area contributed by atoms with E-state index < -0.39 is 23.9 Å². The summed E-state index contributed by atoms with van der Waals surface area (Å²) in [5, 5.41) is 3.02. The number of carbonyl (C=O) groups excluding carboxylic acids is 4. The summed E-state index contributed by atoms with van der Waals surface area (Å²) in [6, 6.07) is 31.6. The predicted octanol–water partition coefficient (Wildman–Crippen LogP) is 21.9. The average Bonchev–Trinajstić information content (AvgIpc) is 0.678. The highest BCUT2D eigenvalue weighted by atomic mass is 16.6. The lowest BCUT2D eigenvalue weighted by molar-refractivity contribution is 0.0373. The molecule has 2 aliphatic heterocycles. The first kappa shape index (κ1) is 63.3. The summed E-state index contributed by atoms with van der Waals surface area (Å²) in [6.07, 6.45) is 0. The molecule has 0 spiro atoms. The molecule has 0 amide bonds. The molecule has 0 aliphatic carbocycles. The van der Waals surface area contributed by atoms with Gasteiger partial charge in [0.1, 0.15) is 46.0 Å². The molecule has 468 valence electrons. The Morgan fingerprint density at radius 1 is 0.211 bits per heavy atom. The van der Waals surface area contributed by atoms with E-state index in [9.17, 15) is 19.2 Å². The van der Waals surface area contributed by atoms with E-state index in [0.717, 1.165) is 44.5 Å². The van der Waals surface area contributed by atoms with Crippen LogP contribution in [0.15, 0.2) is 97.1 Å². The SMILES string of the molecule is CC(C)(C)c1cc(Oc2cc3c4c(cc(Oc5cc(C(C)(C)C)cc(C(C)(C)C)c5)c5c6c(Oc7cc(C(C)(C)C)cc(C(C)(C)C)c7)cc7c8c(cc(Oc9cc(C(C)(C)C)cc(C(C)(C)C)c9)c(c2c45)c86)C(=O)OC7=O)C(=O)OC3=O)cc(C(C)(C)C)c1. The summed E-state index contributed by atoms with van der Waals surface area (Å²) in [6.45, 7) is 51.7. The molecule has 2 aliphatic rings. The Morgan fingerprint density at radius 2 is 0.367 bits per heavy atom. The van der Waals surface area contributed by atoms with Gasteiger partial charge in [0.05, 0.1) is 22.3 Å². The first-order chi connectivity index (χ1) is 41.2. The van der Waals surface area contributed by atoms with Crippen molar-refractivity contribution in [2.75, 3.05) is 0 Å². The molecule has 0 saturated heterocycles. The van der Waals surface area contributed by atoms with Gasteiger partial charge in [-0.15, -0.1) is 0 Å². The van der Waals surface area contributed by atoms with Crippen LogP contribution in [0.1, 0.15) is 252 Å². The number of benzene rings is 9. The van der Waals surface area contributed by atoms with Crippen molar-refractivity contribution < 1.29 is 47.6 Å². The Balaban J connectivity index is 1.42. The summed E-state index contributed by atoms with van der Waals surface area (Å²) in [7, 11) is 0. The minimum Gasteiger partial charge on any atom is -0.457 e. The van der Waals surface area contributed by atoms with E-state index in [4.69, 9.17) is 28.4 Å². The summed E-state index contributed by atoms with van der Waals surface area (Å²) < 4.78 is 41.4.